The molecule has 11 heteroatoms. The number of benzene rings is 1. The van der Waals surface area contributed by atoms with Gasteiger partial charge in [-0.2, -0.15) is 0 Å². The second-order valence-corrected chi connectivity index (χ2v) is 10.7. The van der Waals surface area contributed by atoms with E-state index in [9.17, 15) is 4.79 Å². The third kappa shape index (κ3) is 4.68. The number of anilines is 2. The van der Waals surface area contributed by atoms with Crippen LogP contribution in [-0.2, 0) is 4.74 Å². The largest absolute Gasteiger partial charge is 0.378 e. The van der Waals surface area contributed by atoms with Crippen molar-refractivity contribution in [1.82, 2.24) is 29.7 Å². The maximum absolute atomic E-state index is 13.3. The van der Waals surface area contributed by atoms with Crippen molar-refractivity contribution in [3.05, 3.63) is 47.8 Å². The monoisotopic (exact) mass is 530 g/mol. The second-order valence-electron chi connectivity index (χ2n) is 9.71. The van der Waals surface area contributed by atoms with E-state index >= 15 is 0 Å². The number of nitrogens with zero attached hydrogens (tertiary/aromatic N) is 7. The predicted octanol–water partition coefficient (Wildman–Crippen LogP) is 2.93. The van der Waals surface area contributed by atoms with Crippen molar-refractivity contribution in [3.8, 4) is 21.8 Å². The van der Waals surface area contributed by atoms with Gasteiger partial charge in [0.25, 0.3) is 5.91 Å². The van der Waals surface area contributed by atoms with Crippen molar-refractivity contribution in [2.75, 3.05) is 70.2 Å². The minimum absolute atomic E-state index is 0.0816. The fraction of sp³-hybridized carbons (Fsp3) is 0.370. The minimum Gasteiger partial charge on any atom is -0.378 e. The number of nitrogen functional groups attached to an aromatic ring is 1. The van der Waals surface area contributed by atoms with Crippen molar-refractivity contribution >= 4 is 39.2 Å². The molecular weight excluding hydrogens is 500 g/mol. The van der Waals surface area contributed by atoms with E-state index in [1.165, 1.54) is 0 Å². The first-order valence-corrected chi connectivity index (χ1v) is 13.6. The Morgan fingerprint density at radius 2 is 1.74 bits per heavy atom. The number of aromatic nitrogens is 4. The number of carbonyl (C=O) groups excluding carboxylic acids is 1. The third-order valence-corrected chi connectivity index (χ3v) is 8.48. The van der Waals surface area contributed by atoms with E-state index in [0.717, 1.165) is 71.3 Å². The van der Waals surface area contributed by atoms with Crippen molar-refractivity contribution in [3.63, 3.8) is 0 Å². The molecule has 2 aliphatic heterocycles. The first-order valence-electron chi connectivity index (χ1n) is 12.8. The highest BCUT2D eigenvalue weighted by Gasteiger charge is 2.24. The first-order chi connectivity index (χ1) is 18.5. The molecule has 0 atom stereocenters. The summed E-state index contributed by atoms with van der Waals surface area (Å²) in [6, 6.07) is 7.95. The molecule has 5 heterocycles. The summed E-state index contributed by atoms with van der Waals surface area (Å²) >= 11 is 1.67. The zero-order valence-corrected chi connectivity index (χ0v) is 22.4. The van der Waals surface area contributed by atoms with Crippen molar-refractivity contribution < 1.29 is 9.53 Å². The Morgan fingerprint density at radius 1 is 1.00 bits per heavy atom. The van der Waals surface area contributed by atoms with Gasteiger partial charge in [0.05, 0.1) is 29.0 Å². The van der Waals surface area contributed by atoms with E-state index in [2.05, 4.69) is 39.8 Å². The van der Waals surface area contributed by atoms with Crippen LogP contribution >= 0.6 is 11.3 Å². The zero-order chi connectivity index (χ0) is 26.2. The molecule has 196 valence electrons. The Hall–Kier alpha value is -3.67. The van der Waals surface area contributed by atoms with E-state index in [-0.39, 0.29) is 11.9 Å². The van der Waals surface area contributed by atoms with E-state index in [1.54, 1.807) is 23.7 Å². The Bertz CT molecular complexity index is 1470. The van der Waals surface area contributed by atoms with Gasteiger partial charge in [-0.1, -0.05) is 12.1 Å². The number of likely N-dealkylation sites (N-methyl/N-ethyl adjacent to an activating group) is 1. The summed E-state index contributed by atoms with van der Waals surface area (Å²) in [5.41, 5.74) is 10.1. The minimum atomic E-state index is 0.0816. The van der Waals surface area contributed by atoms with Crippen LogP contribution in [0.4, 0.5) is 11.8 Å². The lowest BCUT2D eigenvalue weighted by Crippen LogP contribution is -2.47. The fourth-order valence-electron chi connectivity index (χ4n) is 4.91. The lowest BCUT2D eigenvalue weighted by molar-refractivity contribution is 0.0664. The molecule has 2 fully saturated rings. The molecule has 4 aromatic rings. The summed E-state index contributed by atoms with van der Waals surface area (Å²) in [6.07, 6.45) is 3.31. The fourth-order valence-corrected chi connectivity index (χ4v) is 6.17. The summed E-state index contributed by atoms with van der Waals surface area (Å²) < 4.78 is 6.62. The molecule has 3 aromatic heterocycles. The van der Waals surface area contributed by atoms with Gasteiger partial charge in [0.2, 0.25) is 5.95 Å². The lowest BCUT2D eigenvalue weighted by atomic mass is 10.1. The number of ether oxygens (including phenoxy) is 1. The predicted molar refractivity (Wildman–Crippen MR) is 149 cm³/mol. The molecule has 0 radical (unpaired) electrons. The number of piperazine rings is 1. The summed E-state index contributed by atoms with van der Waals surface area (Å²) in [6.45, 7) is 8.18. The number of nitrogens with two attached hydrogens (primary N) is 1. The number of carbonyl (C=O) groups is 1. The Labute approximate surface area is 225 Å². The van der Waals surface area contributed by atoms with Crippen LogP contribution in [0.1, 0.15) is 15.9 Å². The molecular formula is C27H30N8O2S. The molecule has 6 rings (SSSR count). The number of hydrogen-bond acceptors (Lipinski definition) is 10. The second kappa shape index (κ2) is 10.2. The molecule has 1 aromatic carbocycles. The average Bonchev–Trinajstić information content (AvgIpc) is 3.30. The highest BCUT2D eigenvalue weighted by molar-refractivity contribution is 7.23. The van der Waals surface area contributed by atoms with Crippen LogP contribution in [0, 0.1) is 6.92 Å². The molecule has 0 bridgehead atoms. The topological polar surface area (TPSA) is 114 Å². The quantitative estimate of drug-likeness (QED) is 0.425. The van der Waals surface area contributed by atoms with Crippen molar-refractivity contribution in [2.24, 2.45) is 0 Å². The molecule has 10 nitrogen and oxygen atoms in total. The van der Waals surface area contributed by atoms with E-state index in [1.807, 2.05) is 23.1 Å². The molecule has 1 amide bonds. The number of fused-ring (bicyclic) bond motifs is 1. The van der Waals surface area contributed by atoms with Gasteiger partial charge in [-0.05, 0) is 37.2 Å². The molecule has 0 spiro atoms. The Balaban J connectivity index is 1.43. The number of amides is 1. The van der Waals surface area contributed by atoms with Gasteiger partial charge in [0.15, 0.2) is 11.6 Å². The van der Waals surface area contributed by atoms with Gasteiger partial charge in [0, 0.05) is 62.1 Å². The van der Waals surface area contributed by atoms with E-state index in [0.29, 0.717) is 30.2 Å². The average molecular weight is 531 g/mol. The first kappa shape index (κ1) is 24.7. The standard InChI is InChI=1S/C27H30N8O2S/c1-17-21-23(25(34-10-12-37-13-11-34)32-24(31-21)20-15-29-27(28)30-16-20)38-22(17)18-4-3-5-19(14-18)26(36)35-8-6-33(2)7-9-35/h3-5,14-16H,6-13H2,1-2H3,(H2,28,29,30). The number of rotatable bonds is 4. The van der Waals surface area contributed by atoms with Crippen molar-refractivity contribution in [1.29, 1.82) is 0 Å². The van der Waals surface area contributed by atoms with Gasteiger partial charge in [-0.15, -0.1) is 11.3 Å². The van der Waals surface area contributed by atoms with Crippen LogP contribution in [-0.4, -0.2) is 95.2 Å². The molecule has 2 saturated heterocycles. The van der Waals surface area contributed by atoms with Gasteiger partial charge >= 0.3 is 0 Å². The zero-order valence-electron chi connectivity index (χ0n) is 21.6. The molecule has 38 heavy (non-hydrogen) atoms. The smallest absolute Gasteiger partial charge is 0.253 e. The van der Waals surface area contributed by atoms with Crippen LogP contribution < -0.4 is 10.6 Å². The van der Waals surface area contributed by atoms with Crippen LogP contribution in [0.3, 0.4) is 0 Å². The van der Waals surface area contributed by atoms with Gasteiger partial charge in [0.1, 0.15) is 0 Å². The van der Waals surface area contributed by atoms with Gasteiger partial charge in [-0.25, -0.2) is 19.9 Å². The SMILES string of the molecule is Cc1c(-c2cccc(C(=O)N3CCN(C)CC3)c2)sc2c(N3CCOCC3)nc(-c3cnc(N)nc3)nc12. The summed E-state index contributed by atoms with van der Waals surface area (Å²) in [5, 5.41) is 0. The lowest BCUT2D eigenvalue weighted by Gasteiger charge is -2.32. The third-order valence-electron chi connectivity index (χ3n) is 7.15. The maximum Gasteiger partial charge on any atom is 0.253 e. The highest BCUT2D eigenvalue weighted by atomic mass is 32.1. The van der Waals surface area contributed by atoms with Gasteiger partial charge < -0.3 is 25.2 Å². The molecule has 2 N–H and O–H groups in total. The summed E-state index contributed by atoms with van der Waals surface area (Å²) in [5.74, 6) is 1.74. The number of morpholine rings is 1. The molecule has 0 saturated carbocycles. The van der Waals surface area contributed by atoms with E-state index in [4.69, 9.17) is 20.4 Å². The highest BCUT2D eigenvalue weighted by Crippen LogP contribution is 2.42. The van der Waals surface area contributed by atoms with Crippen LogP contribution in [0.5, 0.6) is 0 Å². The molecule has 2 aliphatic rings. The Morgan fingerprint density at radius 3 is 2.47 bits per heavy atom. The summed E-state index contributed by atoms with van der Waals surface area (Å²) in [4.78, 5) is 39.0. The summed E-state index contributed by atoms with van der Waals surface area (Å²) in [7, 11) is 2.09. The van der Waals surface area contributed by atoms with Crippen LogP contribution in [0.2, 0.25) is 0 Å². The van der Waals surface area contributed by atoms with Crippen molar-refractivity contribution in [2.45, 2.75) is 6.92 Å². The van der Waals surface area contributed by atoms with Crippen LogP contribution in [0.25, 0.3) is 32.0 Å². The Kier molecular flexibility index (Phi) is 6.64. The number of aryl methyl sites for hydroxylation is 1. The number of thiophene rings is 1. The molecule has 0 aliphatic carbocycles. The maximum atomic E-state index is 13.3. The molecule has 0 unspecified atom stereocenters. The van der Waals surface area contributed by atoms with Gasteiger partial charge in [-0.3, -0.25) is 4.79 Å². The number of hydrogen-bond donors (Lipinski definition) is 1. The van der Waals surface area contributed by atoms with E-state index < -0.39 is 0 Å². The van der Waals surface area contributed by atoms with Crippen LogP contribution in [0.15, 0.2) is 36.7 Å². The normalized spacial score (nSPS) is 16.8.